The molecule has 1 unspecified atom stereocenters. The molecule has 0 radical (unpaired) electrons. The molecule has 0 spiro atoms. The fourth-order valence-corrected chi connectivity index (χ4v) is 3.92. The lowest BCUT2D eigenvalue weighted by Gasteiger charge is -2.19. The van der Waals surface area contributed by atoms with Crippen LogP contribution in [0.15, 0.2) is 109 Å². The molecule has 0 bridgehead atoms. The van der Waals surface area contributed by atoms with Gasteiger partial charge in [-0.2, -0.15) is 0 Å². The maximum Gasteiger partial charge on any atom is 0.337 e. The first kappa shape index (κ1) is 22.0. The summed E-state index contributed by atoms with van der Waals surface area (Å²) in [5, 5.41) is 13.3. The van der Waals surface area contributed by atoms with Crippen molar-refractivity contribution in [1.82, 2.24) is 4.98 Å². The Labute approximate surface area is 193 Å². The first-order valence-corrected chi connectivity index (χ1v) is 10.6. The van der Waals surface area contributed by atoms with Crippen molar-refractivity contribution < 1.29 is 14.7 Å². The van der Waals surface area contributed by atoms with Crippen molar-refractivity contribution in [2.45, 2.75) is 12.3 Å². The second-order valence-corrected chi connectivity index (χ2v) is 7.64. The summed E-state index contributed by atoms with van der Waals surface area (Å²) in [5.74, 6) is -0.356. The lowest BCUT2D eigenvalue weighted by molar-refractivity contribution is 0.0601. The van der Waals surface area contributed by atoms with E-state index in [1.54, 1.807) is 18.5 Å². The molecule has 1 aromatic heterocycles. The van der Waals surface area contributed by atoms with E-state index >= 15 is 0 Å². The number of pyridine rings is 1. The molecule has 0 saturated heterocycles. The summed E-state index contributed by atoms with van der Waals surface area (Å²) in [5.41, 5.74) is 6.13. The zero-order valence-corrected chi connectivity index (χ0v) is 18.3. The Morgan fingerprint density at radius 2 is 1.55 bits per heavy atom. The number of carbonyl (C=O) groups is 1. The van der Waals surface area contributed by atoms with E-state index in [1.165, 1.54) is 7.11 Å². The summed E-state index contributed by atoms with van der Waals surface area (Å²) >= 11 is 0. The van der Waals surface area contributed by atoms with Gasteiger partial charge in [-0.3, -0.25) is 4.98 Å². The van der Waals surface area contributed by atoms with Crippen molar-refractivity contribution >= 4 is 11.7 Å². The number of ether oxygens (including phenoxy) is 1. The van der Waals surface area contributed by atoms with Gasteiger partial charge < -0.3 is 9.94 Å². The summed E-state index contributed by atoms with van der Waals surface area (Å²) in [6.07, 6.45) is 3.91. The minimum atomic E-state index is -0.357. The van der Waals surface area contributed by atoms with Crippen molar-refractivity contribution in [1.29, 1.82) is 0 Å². The number of nitrogens with zero attached hydrogens (tertiary/aromatic N) is 2. The van der Waals surface area contributed by atoms with Crippen LogP contribution in [0.5, 0.6) is 0 Å². The molecule has 1 atom stereocenters. The number of methoxy groups -OCH3 is 1. The van der Waals surface area contributed by atoms with Crippen molar-refractivity contribution in [3.63, 3.8) is 0 Å². The second kappa shape index (κ2) is 10.4. The van der Waals surface area contributed by atoms with Gasteiger partial charge in [-0.05, 0) is 46.5 Å². The molecular weight excluding hydrogens is 412 g/mol. The molecule has 0 aliphatic heterocycles. The lowest BCUT2D eigenvalue weighted by Crippen LogP contribution is -2.10. The monoisotopic (exact) mass is 436 g/mol. The fraction of sp³-hybridized carbons (Fsp3) is 0.107. The highest BCUT2D eigenvalue weighted by molar-refractivity contribution is 6.00. The number of benzene rings is 3. The van der Waals surface area contributed by atoms with Gasteiger partial charge in [0.1, 0.15) is 0 Å². The van der Waals surface area contributed by atoms with Crippen LogP contribution in [0, 0.1) is 0 Å². The SMILES string of the molecule is COC(=O)c1cccc(-c2ccc(C(C/C(=N\O)c3ccncc3)c3ccccc3)cc2)c1. The molecule has 0 fully saturated rings. The maximum absolute atomic E-state index is 11.9. The number of oxime groups is 1. The van der Waals surface area contributed by atoms with Crippen molar-refractivity contribution in [2.75, 3.05) is 7.11 Å². The predicted octanol–water partition coefficient (Wildman–Crippen LogP) is 5.94. The van der Waals surface area contributed by atoms with E-state index in [2.05, 4.69) is 34.4 Å². The number of hydrogen-bond acceptors (Lipinski definition) is 5. The average molecular weight is 437 g/mol. The van der Waals surface area contributed by atoms with Crippen LogP contribution in [0.4, 0.5) is 0 Å². The fourth-order valence-electron chi connectivity index (χ4n) is 3.92. The normalized spacial score (nSPS) is 12.2. The number of hydrogen-bond donors (Lipinski definition) is 1. The third kappa shape index (κ3) is 5.15. The molecule has 0 aliphatic rings. The molecule has 0 amide bonds. The molecule has 5 nitrogen and oxygen atoms in total. The van der Waals surface area contributed by atoms with Crippen molar-refractivity contribution in [3.05, 3.63) is 126 Å². The van der Waals surface area contributed by atoms with Gasteiger partial charge in [0.05, 0.1) is 18.4 Å². The Morgan fingerprint density at radius 3 is 2.21 bits per heavy atom. The topological polar surface area (TPSA) is 71.8 Å². The number of rotatable bonds is 7. The molecule has 0 aliphatic carbocycles. The van der Waals surface area contributed by atoms with E-state index in [0.29, 0.717) is 17.7 Å². The van der Waals surface area contributed by atoms with E-state index in [0.717, 1.165) is 27.8 Å². The Morgan fingerprint density at radius 1 is 0.848 bits per heavy atom. The molecule has 1 heterocycles. The van der Waals surface area contributed by atoms with Gasteiger partial charge in [-0.25, -0.2) is 4.79 Å². The minimum absolute atomic E-state index is 0.000666. The first-order chi connectivity index (χ1) is 16.2. The van der Waals surface area contributed by atoms with Crippen LogP contribution in [0.25, 0.3) is 11.1 Å². The van der Waals surface area contributed by atoms with Crippen LogP contribution in [-0.2, 0) is 4.74 Å². The van der Waals surface area contributed by atoms with E-state index in [9.17, 15) is 10.0 Å². The molecule has 0 saturated carbocycles. The highest BCUT2D eigenvalue weighted by atomic mass is 16.5. The molecule has 1 N–H and O–H groups in total. The molecule has 164 valence electrons. The van der Waals surface area contributed by atoms with E-state index < -0.39 is 0 Å². The third-order valence-corrected chi connectivity index (χ3v) is 5.66. The molecular formula is C28H24N2O3. The zero-order chi connectivity index (χ0) is 23.0. The molecule has 5 heteroatoms. The molecule has 4 aromatic rings. The third-order valence-electron chi connectivity index (χ3n) is 5.66. The smallest absolute Gasteiger partial charge is 0.337 e. The van der Waals surface area contributed by atoms with E-state index in [4.69, 9.17) is 4.74 Å². The Bertz CT molecular complexity index is 1240. The summed E-state index contributed by atoms with van der Waals surface area (Å²) in [6.45, 7) is 0. The lowest BCUT2D eigenvalue weighted by atomic mass is 9.85. The quantitative estimate of drug-likeness (QED) is 0.169. The minimum Gasteiger partial charge on any atom is -0.465 e. The average Bonchev–Trinajstić information content (AvgIpc) is 2.90. The second-order valence-electron chi connectivity index (χ2n) is 7.64. The highest BCUT2D eigenvalue weighted by Gasteiger charge is 2.19. The van der Waals surface area contributed by atoms with Gasteiger partial charge in [0, 0.05) is 30.3 Å². The van der Waals surface area contributed by atoms with Crippen LogP contribution in [-0.4, -0.2) is 29.0 Å². The Hall–Kier alpha value is -4.25. The number of esters is 1. The van der Waals surface area contributed by atoms with Crippen LogP contribution in [0.1, 0.15) is 39.4 Å². The Balaban J connectivity index is 1.66. The van der Waals surface area contributed by atoms with Gasteiger partial charge in [-0.1, -0.05) is 71.9 Å². The van der Waals surface area contributed by atoms with Crippen molar-refractivity contribution in [3.8, 4) is 11.1 Å². The van der Waals surface area contributed by atoms with Crippen LogP contribution >= 0.6 is 0 Å². The van der Waals surface area contributed by atoms with E-state index in [1.807, 2.05) is 60.7 Å². The largest absolute Gasteiger partial charge is 0.465 e. The van der Waals surface area contributed by atoms with Gasteiger partial charge in [-0.15, -0.1) is 0 Å². The van der Waals surface area contributed by atoms with Gasteiger partial charge >= 0.3 is 5.97 Å². The standard InChI is InChI=1S/C28H24N2O3/c1-33-28(31)25-9-5-8-24(18-25)20-10-12-22(13-11-20)26(21-6-3-2-4-7-21)19-27(30-32)23-14-16-29-17-15-23/h2-18,26,32H,19H2,1H3/b30-27+. The van der Waals surface area contributed by atoms with Gasteiger partial charge in [0.2, 0.25) is 0 Å². The molecule has 33 heavy (non-hydrogen) atoms. The van der Waals surface area contributed by atoms with Crippen LogP contribution in [0.3, 0.4) is 0 Å². The highest BCUT2D eigenvalue weighted by Crippen LogP contribution is 2.31. The van der Waals surface area contributed by atoms with Gasteiger partial charge in [0.15, 0.2) is 0 Å². The summed E-state index contributed by atoms with van der Waals surface area (Å²) < 4.78 is 4.84. The molecule has 3 aromatic carbocycles. The predicted molar refractivity (Wildman–Crippen MR) is 129 cm³/mol. The Kier molecular flexibility index (Phi) is 6.90. The number of carbonyl (C=O) groups excluding carboxylic acids is 1. The van der Waals surface area contributed by atoms with Crippen LogP contribution < -0.4 is 0 Å². The van der Waals surface area contributed by atoms with Gasteiger partial charge in [0.25, 0.3) is 0 Å². The summed E-state index contributed by atoms with van der Waals surface area (Å²) in [6, 6.07) is 29.5. The summed E-state index contributed by atoms with van der Waals surface area (Å²) in [7, 11) is 1.38. The summed E-state index contributed by atoms with van der Waals surface area (Å²) in [4.78, 5) is 15.9. The van der Waals surface area contributed by atoms with E-state index in [-0.39, 0.29) is 11.9 Å². The van der Waals surface area contributed by atoms with Crippen molar-refractivity contribution in [2.24, 2.45) is 5.16 Å². The first-order valence-electron chi connectivity index (χ1n) is 10.6. The zero-order valence-electron chi connectivity index (χ0n) is 18.3. The number of aromatic nitrogens is 1. The maximum atomic E-state index is 11.9. The van der Waals surface area contributed by atoms with Crippen LogP contribution in [0.2, 0.25) is 0 Å². The molecule has 4 rings (SSSR count).